The van der Waals surface area contributed by atoms with Crippen LogP contribution in [0.5, 0.6) is 11.6 Å². The van der Waals surface area contributed by atoms with Crippen molar-refractivity contribution < 1.29 is 4.74 Å². The first kappa shape index (κ1) is 17.5. The molecule has 3 heterocycles. The third-order valence-corrected chi connectivity index (χ3v) is 5.00. The summed E-state index contributed by atoms with van der Waals surface area (Å²) >= 11 is 0. The molecule has 0 atom stereocenters. The van der Waals surface area contributed by atoms with Gasteiger partial charge >= 0.3 is 0 Å². The first-order chi connectivity index (χ1) is 12.8. The SMILES string of the molecule is Cc1cnc2c(c1)N(c1c(C)cc(C(C)(C)C)cc1C)c1ccncc1O2. The molecule has 0 unspecified atom stereocenters. The van der Waals surface area contributed by atoms with Crippen molar-refractivity contribution in [2.24, 2.45) is 0 Å². The smallest absolute Gasteiger partial charge is 0.243 e. The highest BCUT2D eigenvalue weighted by atomic mass is 16.5. The quantitative estimate of drug-likeness (QED) is 0.401. The van der Waals surface area contributed by atoms with Crippen LogP contribution in [0.15, 0.2) is 42.9 Å². The molecule has 4 rings (SSSR count). The van der Waals surface area contributed by atoms with Crippen LogP contribution < -0.4 is 9.64 Å². The Morgan fingerprint density at radius 1 is 0.926 bits per heavy atom. The van der Waals surface area contributed by atoms with Gasteiger partial charge in [-0.2, -0.15) is 0 Å². The lowest BCUT2D eigenvalue weighted by molar-refractivity contribution is 0.455. The van der Waals surface area contributed by atoms with Gasteiger partial charge in [-0.15, -0.1) is 0 Å². The monoisotopic (exact) mass is 359 g/mol. The number of fused-ring (bicyclic) bond motifs is 2. The minimum absolute atomic E-state index is 0.108. The van der Waals surface area contributed by atoms with Gasteiger partial charge in [0.25, 0.3) is 0 Å². The van der Waals surface area contributed by atoms with Crippen molar-refractivity contribution in [3.05, 3.63) is 65.1 Å². The predicted octanol–water partition coefficient (Wildman–Crippen LogP) is 6.27. The van der Waals surface area contributed by atoms with Crippen LogP contribution in [0.2, 0.25) is 0 Å². The average molecular weight is 359 g/mol. The fraction of sp³-hybridized carbons (Fsp3) is 0.304. The fourth-order valence-corrected chi connectivity index (χ4v) is 3.63. The molecule has 0 saturated carbocycles. The molecule has 3 aromatic rings. The summed E-state index contributed by atoms with van der Waals surface area (Å²) in [5.41, 5.74) is 8.13. The van der Waals surface area contributed by atoms with E-state index in [1.54, 1.807) is 12.4 Å². The van der Waals surface area contributed by atoms with Crippen molar-refractivity contribution in [1.29, 1.82) is 0 Å². The van der Waals surface area contributed by atoms with Crippen molar-refractivity contribution in [3.63, 3.8) is 0 Å². The van der Waals surface area contributed by atoms with E-state index in [2.05, 4.69) is 74.6 Å². The molecular weight excluding hydrogens is 334 g/mol. The molecule has 2 aromatic heterocycles. The molecule has 1 aliphatic heterocycles. The highest BCUT2D eigenvalue weighted by Gasteiger charge is 2.29. The molecule has 0 bridgehead atoms. The maximum atomic E-state index is 6.03. The Bertz CT molecular complexity index is 1010. The maximum Gasteiger partial charge on any atom is 0.243 e. The number of benzene rings is 1. The predicted molar refractivity (Wildman–Crippen MR) is 110 cm³/mol. The molecule has 0 saturated heterocycles. The van der Waals surface area contributed by atoms with Crippen molar-refractivity contribution in [3.8, 4) is 11.6 Å². The summed E-state index contributed by atoms with van der Waals surface area (Å²) < 4.78 is 6.03. The Morgan fingerprint density at radius 3 is 2.30 bits per heavy atom. The van der Waals surface area contributed by atoms with Crippen molar-refractivity contribution in [1.82, 2.24) is 9.97 Å². The third kappa shape index (κ3) is 2.95. The highest BCUT2D eigenvalue weighted by Crippen LogP contribution is 2.51. The van der Waals surface area contributed by atoms with Gasteiger partial charge in [-0.05, 0) is 60.6 Å². The van der Waals surface area contributed by atoms with Crippen LogP contribution in [0.1, 0.15) is 43.0 Å². The summed E-state index contributed by atoms with van der Waals surface area (Å²) in [6, 6.07) is 8.71. The molecule has 0 amide bonds. The summed E-state index contributed by atoms with van der Waals surface area (Å²) in [7, 11) is 0. The summed E-state index contributed by atoms with van der Waals surface area (Å²) in [4.78, 5) is 11.0. The largest absolute Gasteiger partial charge is 0.433 e. The Balaban J connectivity index is 1.99. The second-order valence-electron chi connectivity index (χ2n) is 8.33. The van der Waals surface area contributed by atoms with E-state index in [0.29, 0.717) is 5.88 Å². The summed E-state index contributed by atoms with van der Waals surface area (Å²) in [5, 5.41) is 0. The van der Waals surface area contributed by atoms with E-state index in [9.17, 15) is 0 Å². The van der Waals surface area contributed by atoms with Crippen LogP contribution in [0, 0.1) is 20.8 Å². The van der Waals surface area contributed by atoms with Crippen molar-refractivity contribution >= 4 is 17.1 Å². The first-order valence-electron chi connectivity index (χ1n) is 9.26. The third-order valence-electron chi connectivity index (χ3n) is 5.00. The number of anilines is 3. The molecule has 0 spiro atoms. The minimum atomic E-state index is 0.108. The average Bonchev–Trinajstić information content (AvgIpc) is 2.60. The van der Waals surface area contributed by atoms with Gasteiger partial charge in [0.2, 0.25) is 5.88 Å². The first-order valence-corrected chi connectivity index (χ1v) is 9.26. The molecule has 138 valence electrons. The van der Waals surface area contributed by atoms with Crippen LogP contribution in [0.3, 0.4) is 0 Å². The number of ether oxygens (including phenoxy) is 1. The molecule has 0 radical (unpaired) electrons. The molecule has 27 heavy (non-hydrogen) atoms. The van der Waals surface area contributed by atoms with E-state index in [-0.39, 0.29) is 5.41 Å². The standard InChI is InChI=1S/C23H25N3O/c1-14-9-19-22(25-12-14)27-20-13-24-8-7-18(20)26(19)21-15(2)10-17(11-16(21)3)23(4,5)6/h7-13H,1-6H3. The van der Waals surface area contributed by atoms with E-state index in [4.69, 9.17) is 4.74 Å². The lowest BCUT2D eigenvalue weighted by Crippen LogP contribution is -2.20. The number of rotatable bonds is 1. The second-order valence-corrected chi connectivity index (χ2v) is 8.33. The van der Waals surface area contributed by atoms with Gasteiger partial charge in [-0.1, -0.05) is 32.9 Å². The van der Waals surface area contributed by atoms with Crippen LogP contribution >= 0.6 is 0 Å². The molecule has 0 N–H and O–H groups in total. The van der Waals surface area contributed by atoms with E-state index < -0.39 is 0 Å². The van der Waals surface area contributed by atoms with Crippen molar-refractivity contribution in [2.45, 2.75) is 47.0 Å². The van der Waals surface area contributed by atoms with Gasteiger partial charge in [0.1, 0.15) is 5.69 Å². The number of hydrogen-bond donors (Lipinski definition) is 0. The molecule has 1 aromatic carbocycles. The minimum Gasteiger partial charge on any atom is -0.433 e. The molecular formula is C23H25N3O. The van der Waals surface area contributed by atoms with Crippen molar-refractivity contribution in [2.75, 3.05) is 4.90 Å². The van der Waals surface area contributed by atoms with Gasteiger partial charge < -0.3 is 9.64 Å². The zero-order chi connectivity index (χ0) is 19.3. The number of aryl methyl sites for hydroxylation is 3. The fourth-order valence-electron chi connectivity index (χ4n) is 3.63. The van der Waals surface area contributed by atoms with E-state index >= 15 is 0 Å². The van der Waals surface area contributed by atoms with Gasteiger partial charge in [0.05, 0.1) is 17.6 Å². The molecule has 0 aliphatic carbocycles. The Morgan fingerprint density at radius 2 is 1.63 bits per heavy atom. The number of aromatic nitrogens is 2. The number of pyridine rings is 2. The van der Waals surface area contributed by atoms with Crippen LogP contribution in [-0.2, 0) is 5.41 Å². The zero-order valence-corrected chi connectivity index (χ0v) is 16.8. The lowest BCUT2D eigenvalue weighted by Gasteiger charge is -2.34. The molecule has 0 fully saturated rings. The summed E-state index contributed by atoms with van der Waals surface area (Å²) in [5.74, 6) is 1.33. The Hall–Kier alpha value is -2.88. The second kappa shape index (κ2) is 6.08. The maximum absolute atomic E-state index is 6.03. The van der Waals surface area contributed by atoms with Crippen LogP contribution in [0.25, 0.3) is 0 Å². The molecule has 4 nitrogen and oxygen atoms in total. The summed E-state index contributed by atoms with van der Waals surface area (Å²) in [6.07, 6.45) is 5.39. The molecule has 1 aliphatic rings. The van der Waals surface area contributed by atoms with E-state index in [0.717, 1.165) is 22.7 Å². The normalized spacial score (nSPS) is 13.0. The Kier molecular flexibility index (Phi) is 3.95. The summed E-state index contributed by atoms with van der Waals surface area (Å²) in [6.45, 7) is 13.2. The topological polar surface area (TPSA) is 38.2 Å². The van der Waals surface area contributed by atoms with Gasteiger partial charge in [0.15, 0.2) is 5.75 Å². The highest BCUT2D eigenvalue weighted by molar-refractivity contribution is 5.87. The lowest BCUT2D eigenvalue weighted by atomic mass is 9.84. The van der Waals surface area contributed by atoms with Crippen LogP contribution in [0.4, 0.5) is 17.1 Å². The molecule has 4 heteroatoms. The number of nitrogens with zero attached hydrogens (tertiary/aromatic N) is 3. The Labute approximate surface area is 160 Å². The van der Waals surface area contributed by atoms with Crippen LogP contribution in [-0.4, -0.2) is 9.97 Å². The van der Waals surface area contributed by atoms with E-state index in [1.807, 2.05) is 12.3 Å². The van der Waals surface area contributed by atoms with Gasteiger partial charge in [-0.25, -0.2) is 4.98 Å². The van der Waals surface area contributed by atoms with E-state index in [1.165, 1.54) is 22.4 Å². The number of hydrogen-bond acceptors (Lipinski definition) is 4. The van der Waals surface area contributed by atoms with Gasteiger partial charge in [0, 0.05) is 12.4 Å². The van der Waals surface area contributed by atoms with Gasteiger partial charge in [-0.3, -0.25) is 4.98 Å². The zero-order valence-electron chi connectivity index (χ0n) is 16.8.